The third kappa shape index (κ3) is 3.29. The van der Waals surface area contributed by atoms with Gasteiger partial charge in [-0.15, -0.1) is 0 Å². The zero-order chi connectivity index (χ0) is 13.2. The molecule has 3 nitrogen and oxygen atoms in total. The van der Waals surface area contributed by atoms with Crippen molar-refractivity contribution in [1.29, 1.82) is 0 Å². The molecule has 1 aromatic rings. The summed E-state index contributed by atoms with van der Waals surface area (Å²) >= 11 is 3.15. The van der Waals surface area contributed by atoms with E-state index in [-0.39, 0.29) is 18.0 Å². The predicted octanol–water partition coefficient (Wildman–Crippen LogP) is 3.22. The van der Waals surface area contributed by atoms with Gasteiger partial charge in [-0.2, -0.15) is 0 Å². The quantitative estimate of drug-likeness (QED) is 0.899. The van der Waals surface area contributed by atoms with E-state index < -0.39 is 11.4 Å². The van der Waals surface area contributed by atoms with E-state index >= 15 is 0 Å². The highest BCUT2D eigenvalue weighted by Crippen LogP contribution is 2.32. The van der Waals surface area contributed by atoms with E-state index in [4.69, 9.17) is 0 Å². The molecule has 0 heterocycles. The zero-order valence-electron chi connectivity index (χ0n) is 9.88. The highest BCUT2D eigenvalue weighted by Gasteiger charge is 2.33. The Balaban J connectivity index is 1.98. The van der Waals surface area contributed by atoms with Crippen LogP contribution in [0.3, 0.4) is 0 Å². The number of hydrogen-bond donors (Lipinski definition) is 2. The summed E-state index contributed by atoms with van der Waals surface area (Å²) in [5, 5.41) is 12.6. The summed E-state index contributed by atoms with van der Waals surface area (Å²) in [6, 6.07) is 4.44. The van der Waals surface area contributed by atoms with Crippen molar-refractivity contribution in [2.24, 2.45) is 0 Å². The lowest BCUT2D eigenvalue weighted by molar-refractivity contribution is -0.120. The Bertz CT molecular complexity index is 458. The van der Waals surface area contributed by atoms with E-state index in [9.17, 15) is 14.3 Å². The molecule has 1 fully saturated rings. The number of halogens is 2. The van der Waals surface area contributed by atoms with Crippen molar-refractivity contribution in [1.82, 2.24) is 0 Å². The van der Waals surface area contributed by atoms with Crippen LogP contribution in [0.25, 0.3) is 0 Å². The van der Waals surface area contributed by atoms with Gasteiger partial charge in [0.05, 0.1) is 17.7 Å². The first-order valence-corrected chi connectivity index (χ1v) is 6.75. The number of carbonyl (C=O) groups is 1. The molecule has 0 radical (unpaired) electrons. The number of aliphatic hydroxyl groups is 1. The summed E-state index contributed by atoms with van der Waals surface area (Å²) in [5.74, 6) is -0.836. The molecule has 18 heavy (non-hydrogen) atoms. The lowest BCUT2D eigenvalue weighted by Crippen LogP contribution is -2.30. The Hall–Kier alpha value is -0.940. The van der Waals surface area contributed by atoms with Gasteiger partial charge in [0.25, 0.3) is 0 Å². The molecule has 1 aromatic carbocycles. The second-order valence-corrected chi connectivity index (χ2v) is 5.70. The average molecular weight is 316 g/mol. The topological polar surface area (TPSA) is 49.3 Å². The Kier molecular flexibility index (Phi) is 4.02. The van der Waals surface area contributed by atoms with Gasteiger partial charge in [-0.1, -0.05) is 28.8 Å². The van der Waals surface area contributed by atoms with Gasteiger partial charge in [-0.05, 0) is 31.0 Å². The fourth-order valence-corrected chi connectivity index (χ4v) is 2.63. The fraction of sp³-hybridized carbons (Fsp3) is 0.462. The first-order chi connectivity index (χ1) is 8.48. The van der Waals surface area contributed by atoms with Crippen LogP contribution in [0.5, 0.6) is 0 Å². The summed E-state index contributed by atoms with van der Waals surface area (Å²) in [5.41, 5.74) is -0.763. The maximum absolute atomic E-state index is 13.5. The standard InChI is InChI=1S/C13H15BrFNO2/c14-9-3-4-11(10(15)7-9)16-12(17)8-13(18)5-1-2-6-13/h3-4,7,18H,1-2,5-6,8H2,(H,16,17). The molecule has 0 atom stereocenters. The van der Waals surface area contributed by atoms with Crippen LogP contribution < -0.4 is 5.32 Å². The van der Waals surface area contributed by atoms with Crippen LogP contribution in [0.2, 0.25) is 0 Å². The van der Waals surface area contributed by atoms with E-state index in [0.717, 1.165) is 12.8 Å². The molecule has 0 spiro atoms. The van der Waals surface area contributed by atoms with Crippen molar-refractivity contribution in [3.8, 4) is 0 Å². The van der Waals surface area contributed by atoms with Gasteiger partial charge in [0.2, 0.25) is 5.91 Å². The largest absolute Gasteiger partial charge is 0.389 e. The SMILES string of the molecule is O=C(CC1(O)CCCC1)Nc1ccc(Br)cc1F. The van der Waals surface area contributed by atoms with Gasteiger partial charge in [0, 0.05) is 4.47 Å². The molecule has 5 heteroatoms. The Morgan fingerprint density at radius 1 is 1.44 bits per heavy atom. The lowest BCUT2D eigenvalue weighted by Gasteiger charge is -2.21. The molecule has 0 saturated heterocycles. The highest BCUT2D eigenvalue weighted by molar-refractivity contribution is 9.10. The third-order valence-corrected chi connectivity index (χ3v) is 3.72. The van der Waals surface area contributed by atoms with Crippen LogP contribution in [0, 0.1) is 5.82 Å². The first kappa shape index (κ1) is 13.5. The molecule has 0 aromatic heterocycles. The van der Waals surface area contributed by atoms with Gasteiger partial charge in [-0.3, -0.25) is 4.79 Å². The van der Waals surface area contributed by atoms with Crippen molar-refractivity contribution in [3.63, 3.8) is 0 Å². The summed E-state index contributed by atoms with van der Waals surface area (Å²) in [4.78, 5) is 11.8. The maximum atomic E-state index is 13.5. The Morgan fingerprint density at radius 3 is 2.72 bits per heavy atom. The molecule has 98 valence electrons. The molecule has 1 amide bonds. The Morgan fingerprint density at radius 2 is 2.11 bits per heavy atom. The fourth-order valence-electron chi connectivity index (χ4n) is 2.29. The lowest BCUT2D eigenvalue weighted by atomic mass is 9.97. The molecular formula is C13H15BrFNO2. The molecule has 1 aliphatic rings. The minimum absolute atomic E-state index is 0.0303. The summed E-state index contributed by atoms with van der Waals surface area (Å²) < 4.78 is 14.1. The summed E-state index contributed by atoms with van der Waals surface area (Å²) in [7, 11) is 0. The van der Waals surface area contributed by atoms with Gasteiger partial charge in [-0.25, -0.2) is 4.39 Å². The molecular weight excluding hydrogens is 301 g/mol. The van der Waals surface area contributed by atoms with Gasteiger partial charge in [0.15, 0.2) is 0 Å². The van der Waals surface area contributed by atoms with E-state index in [1.165, 1.54) is 12.1 Å². The molecule has 1 aliphatic carbocycles. The van der Waals surface area contributed by atoms with Crippen LogP contribution in [0.4, 0.5) is 10.1 Å². The second-order valence-electron chi connectivity index (χ2n) is 4.78. The van der Waals surface area contributed by atoms with Crippen molar-refractivity contribution < 1.29 is 14.3 Å². The maximum Gasteiger partial charge on any atom is 0.227 e. The third-order valence-electron chi connectivity index (χ3n) is 3.23. The van der Waals surface area contributed by atoms with Gasteiger partial charge < -0.3 is 10.4 Å². The monoisotopic (exact) mass is 315 g/mol. The summed E-state index contributed by atoms with van der Waals surface area (Å²) in [6.07, 6.45) is 3.20. The van der Waals surface area contributed by atoms with Crippen molar-refractivity contribution in [3.05, 3.63) is 28.5 Å². The second kappa shape index (κ2) is 5.36. The number of amides is 1. The number of hydrogen-bond acceptors (Lipinski definition) is 2. The van der Waals surface area contributed by atoms with Crippen LogP contribution in [0.15, 0.2) is 22.7 Å². The van der Waals surface area contributed by atoms with Gasteiger partial charge >= 0.3 is 0 Å². The summed E-state index contributed by atoms with van der Waals surface area (Å²) in [6.45, 7) is 0. The van der Waals surface area contributed by atoms with Crippen LogP contribution in [-0.2, 0) is 4.79 Å². The smallest absolute Gasteiger partial charge is 0.227 e. The number of carbonyl (C=O) groups excluding carboxylic acids is 1. The number of benzene rings is 1. The minimum Gasteiger partial charge on any atom is -0.389 e. The minimum atomic E-state index is -0.907. The van der Waals surface area contributed by atoms with Crippen molar-refractivity contribution in [2.75, 3.05) is 5.32 Å². The number of anilines is 1. The molecule has 1 saturated carbocycles. The molecule has 2 rings (SSSR count). The Labute approximate surface area is 114 Å². The van der Waals surface area contributed by atoms with Crippen molar-refractivity contribution in [2.45, 2.75) is 37.7 Å². The number of rotatable bonds is 3. The first-order valence-electron chi connectivity index (χ1n) is 5.96. The van der Waals surface area contributed by atoms with Crippen molar-refractivity contribution >= 4 is 27.5 Å². The van der Waals surface area contributed by atoms with Crippen LogP contribution in [-0.4, -0.2) is 16.6 Å². The number of nitrogens with one attached hydrogen (secondary N) is 1. The van der Waals surface area contributed by atoms with E-state index in [2.05, 4.69) is 21.2 Å². The average Bonchev–Trinajstić information content (AvgIpc) is 2.69. The highest BCUT2D eigenvalue weighted by atomic mass is 79.9. The molecule has 0 bridgehead atoms. The van der Waals surface area contributed by atoms with E-state index in [1.807, 2.05) is 0 Å². The van der Waals surface area contributed by atoms with E-state index in [0.29, 0.717) is 17.3 Å². The van der Waals surface area contributed by atoms with Gasteiger partial charge in [0.1, 0.15) is 5.82 Å². The molecule has 0 unspecified atom stereocenters. The van der Waals surface area contributed by atoms with E-state index in [1.54, 1.807) is 6.07 Å². The predicted molar refractivity (Wildman–Crippen MR) is 70.8 cm³/mol. The molecule has 2 N–H and O–H groups in total. The van der Waals surface area contributed by atoms with Crippen LogP contribution >= 0.6 is 15.9 Å². The normalized spacial score (nSPS) is 17.7. The zero-order valence-corrected chi connectivity index (χ0v) is 11.5. The van der Waals surface area contributed by atoms with Crippen LogP contribution in [0.1, 0.15) is 32.1 Å². The molecule has 0 aliphatic heterocycles.